The van der Waals surface area contributed by atoms with E-state index in [1.807, 2.05) is 40.7 Å². The topological polar surface area (TPSA) is 30.2 Å². The lowest BCUT2D eigenvalue weighted by Gasteiger charge is -2.13. The van der Waals surface area contributed by atoms with Gasteiger partial charge in [-0.1, -0.05) is 6.07 Å². The molecule has 1 aromatic heterocycles. The molecule has 1 aromatic carbocycles. The molecule has 0 unspecified atom stereocenters. The lowest BCUT2D eigenvalue weighted by molar-refractivity contribution is 0.101. The highest BCUT2D eigenvalue weighted by Gasteiger charge is 2.21. The second-order valence-electron chi connectivity index (χ2n) is 4.90. The normalized spacial score (nSPS) is 10.7. The molecule has 0 aliphatic heterocycles. The van der Waals surface area contributed by atoms with Gasteiger partial charge in [0, 0.05) is 5.56 Å². The minimum absolute atomic E-state index is 0.0145. The predicted molar refractivity (Wildman–Crippen MR) is 72.3 cm³/mol. The molecule has 0 saturated carbocycles. The Balaban J connectivity index is 2.66. The quantitative estimate of drug-likeness (QED) is 0.743. The number of aryl methyl sites for hydroxylation is 3. The summed E-state index contributed by atoms with van der Waals surface area (Å²) < 4.78 is 5.32. The first-order valence-corrected chi connectivity index (χ1v) is 6.09. The number of hydrogen-bond donors (Lipinski definition) is 0. The highest BCUT2D eigenvalue weighted by molar-refractivity contribution is 6.10. The van der Waals surface area contributed by atoms with Crippen LogP contribution in [0.3, 0.4) is 0 Å². The van der Waals surface area contributed by atoms with E-state index in [2.05, 4.69) is 6.07 Å². The Kier molecular flexibility index (Phi) is 3.12. The summed E-state index contributed by atoms with van der Waals surface area (Å²) in [5.74, 6) is 0.436. The van der Waals surface area contributed by atoms with Crippen LogP contribution in [0.1, 0.15) is 43.9 Å². The van der Waals surface area contributed by atoms with Crippen LogP contribution in [0.4, 0.5) is 0 Å². The first-order valence-electron chi connectivity index (χ1n) is 6.09. The molecule has 0 radical (unpaired) electrons. The van der Waals surface area contributed by atoms with Crippen molar-refractivity contribution in [3.8, 4) is 0 Å². The average Bonchev–Trinajstić information content (AvgIpc) is 2.73. The second kappa shape index (κ2) is 4.45. The molecule has 1 heterocycles. The summed E-state index contributed by atoms with van der Waals surface area (Å²) in [5.41, 5.74) is 6.04. The molecule has 0 amide bonds. The third kappa shape index (κ3) is 1.88. The van der Waals surface area contributed by atoms with Crippen molar-refractivity contribution in [2.75, 3.05) is 0 Å². The van der Waals surface area contributed by atoms with Gasteiger partial charge in [0.1, 0.15) is 0 Å². The first-order chi connectivity index (χ1) is 8.43. The number of ketones is 1. The van der Waals surface area contributed by atoms with Crippen LogP contribution in [-0.2, 0) is 0 Å². The summed E-state index contributed by atoms with van der Waals surface area (Å²) in [6.07, 6.45) is 1.57. The minimum atomic E-state index is -0.0145. The highest BCUT2D eigenvalue weighted by Crippen LogP contribution is 2.25. The molecule has 2 aromatic rings. The van der Waals surface area contributed by atoms with Gasteiger partial charge in [0.05, 0.1) is 6.26 Å². The fourth-order valence-electron chi connectivity index (χ4n) is 2.28. The van der Waals surface area contributed by atoms with Crippen molar-refractivity contribution in [3.63, 3.8) is 0 Å². The smallest absolute Gasteiger partial charge is 0.228 e. The first kappa shape index (κ1) is 12.6. The summed E-state index contributed by atoms with van der Waals surface area (Å²) in [6, 6.07) is 3.94. The monoisotopic (exact) mass is 242 g/mol. The molecule has 2 rings (SSSR count). The Morgan fingerprint density at radius 3 is 1.94 bits per heavy atom. The molecule has 18 heavy (non-hydrogen) atoms. The van der Waals surface area contributed by atoms with Crippen molar-refractivity contribution in [1.29, 1.82) is 0 Å². The van der Waals surface area contributed by atoms with Crippen LogP contribution in [-0.4, -0.2) is 5.78 Å². The van der Waals surface area contributed by atoms with Crippen LogP contribution in [0.15, 0.2) is 22.8 Å². The van der Waals surface area contributed by atoms with Crippen molar-refractivity contribution in [3.05, 3.63) is 57.5 Å². The molecule has 2 heteroatoms. The SMILES string of the molecule is Cc1ccoc1C(=O)c1c(C)c(C)cc(C)c1C. The third-order valence-corrected chi connectivity index (χ3v) is 3.66. The molecular weight excluding hydrogens is 224 g/mol. The van der Waals surface area contributed by atoms with Gasteiger partial charge in [0.2, 0.25) is 5.78 Å². The Bertz CT molecular complexity index is 592. The molecule has 0 aliphatic carbocycles. The summed E-state index contributed by atoms with van der Waals surface area (Å²) >= 11 is 0. The number of rotatable bonds is 2. The molecule has 0 N–H and O–H groups in total. The maximum absolute atomic E-state index is 12.6. The van der Waals surface area contributed by atoms with Crippen molar-refractivity contribution >= 4 is 5.78 Å². The van der Waals surface area contributed by atoms with Crippen LogP contribution in [0.5, 0.6) is 0 Å². The van der Waals surface area contributed by atoms with Gasteiger partial charge in [-0.05, 0) is 68.5 Å². The molecule has 94 valence electrons. The molecule has 0 spiro atoms. The van der Waals surface area contributed by atoms with Gasteiger partial charge in [-0.2, -0.15) is 0 Å². The number of furan rings is 1. The predicted octanol–water partition coefficient (Wildman–Crippen LogP) is 4.05. The van der Waals surface area contributed by atoms with E-state index in [4.69, 9.17) is 4.42 Å². The van der Waals surface area contributed by atoms with E-state index in [0.29, 0.717) is 5.76 Å². The lowest BCUT2D eigenvalue weighted by atomic mass is 9.90. The maximum atomic E-state index is 12.6. The Morgan fingerprint density at radius 2 is 1.50 bits per heavy atom. The van der Waals surface area contributed by atoms with Gasteiger partial charge < -0.3 is 4.42 Å². The zero-order chi connectivity index (χ0) is 13.4. The van der Waals surface area contributed by atoms with E-state index < -0.39 is 0 Å². The summed E-state index contributed by atoms with van der Waals surface area (Å²) in [7, 11) is 0. The van der Waals surface area contributed by atoms with E-state index in [1.54, 1.807) is 6.26 Å². The maximum Gasteiger partial charge on any atom is 0.228 e. The summed E-state index contributed by atoms with van der Waals surface area (Å²) in [5, 5.41) is 0. The van der Waals surface area contributed by atoms with Gasteiger partial charge >= 0.3 is 0 Å². The summed E-state index contributed by atoms with van der Waals surface area (Å²) in [6.45, 7) is 9.95. The van der Waals surface area contributed by atoms with Crippen molar-refractivity contribution in [2.45, 2.75) is 34.6 Å². The lowest BCUT2D eigenvalue weighted by Crippen LogP contribution is -2.09. The van der Waals surface area contributed by atoms with Gasteiger partial charge in [0.15, 0.2) is 5.76 Å². The zero-order valence-corrected chi connectivity index (χ0v) is 11.5. The van der Waals surface area contributed by atoms with Crippen molar-refractivity contribution in [2.24, 2.45) is 0 Å². The van der Waals surface area contributed by atoms with Crippen LogP contribution >= 0.6 is 0 Å². The number of benzene rings is 1. The number of hydrogen-bond acceptors (Lipinski definition) is 2. The van der Waals surface area contributed by atoms with Crippen LogP contribution < -0.4 is 0 Å². The molecular formula is C16H18O2. The fraction of sp³-hybridized carbons (Fsp3) is 0.312. The van der Waals surface area contributed by atoms with E-state index in [0.717, 1.165) is 33.4 Å². The van der Waals surface area contributed by atoms with Gasteiger partial charge in [-0.25, -0.2) is 0 Å². The van der Waals surface area contributed by atoms with E-state index in [1.165, 1.54) is 0 Å². The second-order valence-corrected chi connectivity index (χ2v) is 4.90. The van der Waals surface area contributed by atoms with E-state index in [9.17, 15) is 4.79 Å². The van der Waals surface area contributed by atoms with E-state index >= 15 is 0 Å². The minimum Gasteiger partial charge on any atom is -0.461 e. The van der Waals surface area contributed by atoms with Gasteiger partial charge in [0.25, 0.3) is 0 Å². The fourth-order valence-corrected chi connectivity index (χ4v) is 2.28. The molecule has 0 saturated heterocycles. The van der Waals surface area contributed by atoms with Crippen molar-refractivity contribution in [1.82, 2.24) is 0 Å². The molecule has 0 atom stereocenters. The largest absolute Gasteiger partial charge is 0.461 e. The summed E-state index contributed by atoms with van der Waals surface area (Å²) in [4.78, 5) is 12.6. The molecule has 0 fully saturated rings. The zero-order valence-electron chi connectivity index (χ0n) is 11.5. The highest BCUT2D eigenvalue weighted by atomic mass is 16.3. The average molecular weight is 242 g/mol. The third-order valence-electron chi connectivity index (χ3n) is 3.66. The standard InChI is InChI=1S/C16H18O2/c1-9-6-7-18-16(9)15(17)14-12(4)10(2)8-11(3)13(14)5/h6-8H,1-5H3. The Morgan fingerprint density at radius 1 is 0.944 bits per heavy atom. The Hall–Kier alpha value is -1.83. The van der Waals surface area contributed by atoms with Gasteiger partial charge in [-0.15, -0.1) is 0 Å². The van der Waals surface area contributed by atoms with Crippen LogP contribution in [0.25, 0.3) is 0 Å². The molecule has 0 aliphatic rings. The molecule has 2 nitrogen and oxygen atoms in total. The number of carbonyl (C=O) groups excluding carboxylic acids is 1. The van der Waals surface area contributed by atoms with E-state index in [-0.39, 0.29) is 5.78 Å². The number of carbonyl (C=O) groups is 1. The Labute approximate surface area is 108 Å². The van der Waals surface area contributed by atoms with Gasteiger partial charge in [-0.3, -0.25) is 4.79 Å². The van der Waals surface area contributed by atoms with Crippen LogP contribution in [0.2, 0.25) is 0 Å². The molecule has 0 bridgehead atoms. The van der Waals surface area contributed by atoms with Crippen molar-refractivity contribution < 1.29 is 9.21 Å². The van der Waals surface area contributed by atoms with Crippen LogP contribution in [0, 0.1) is 34.6 Å².